The summed E-state index contributed by atoms with van der Waals surface area (Å²) in [7, 11) is 1.74. The number of nitrogens with one attached hydrogen (secondary N) is 1. The smallest absolute Gasteiger partial charge is 0.264 e. The van der Waals surface area contributed by atoms with Crippen LogP contribution < -0.4 is 15.0 Å². The Morgan fingerprint density at radius 2 is 2.40 bits per heavy atom. The van der Waals surface area contributed by atoms with Gasteiger partial charge < -0.3 is 15.0 Å². The van der Waals surface area contributed by atoms with Gasteiger partial charge in [-0.3, -0.25) is 4.79 Å². The van der Waals surface area contributed by atoms with Crippen molar-refractivity contribution in [2.45, 2.75) is 0 Å². The van der Waals surface area contributed by atoms with Crippen LogP contribution in [-0.2, 0) is 4.79 Å². The molecular formula is C10H12N2O2S. The molecule has 1 heterocycles. The van der Waals surface area contributed by atoms with E-state index in [1.807, 2.05) is 18.2 Å². The van der Waals surface area contributed by atoms with Crippen molar-refractivity contribution < 1.29 is 9.53 Å². The van der Waals surface area contributed by atoms with Crippen LogP contribution in [0.5, 0.6) is 5.75 Å². The molecule has 0 saturated carbocycles. The summed E-state index contributed by atoms with van der Waals surface area (Å²) in [6.07, 6.45) is 0. The Bertz CT molecular complexity index is 395. The highest BCUT2D eigenvalue weighted by Gasteiger charge is 2.21. The first-order valence-electron chi connectivity index (χ1n) is 4.60. The van der Waals surface area contributed by atoms with Crippen LogP contribution in [0.1, 0.15) is 0 Å². The standard InChI is InChI=1S/C10H12N2O2S/c1-12-8-4-7(11-6-15)2-3-9(8)14-5-10(12)13/h2-4,11,15H,5-6H2,1H3. The fourth-order valence-corrected chi connectivity index (χ4v) is 1.66. The molecular weight excluding hydrogens is 212 g/mol. The van der Waals surface area contributed by atoms with Crippen molar-refractivity contribution in [2.24, 2.45) is 0 Å². The van der Waals surface area contributed by atoms with Crippen molar-refractivity contribution in [1.29, 1.82) is 0 Å². The molecule has 0 aromatic heterocycles. The van der Waals surface area contributed by atoms with E-state index in [0.717, 1.165) is 17.1 Å². The van der Waals surface area contributed by atoms with Gasteiger partial charge in [0.15, 0.2) is 6.61 Å². The summed E-state index contributed by atoms with van der Waals surface area (Å²) in [6.45, 7) is 0.114. The Hall–Kier alpha value is -1.36. The number of anilines is 2. The van der Waals surface area contributed by atoms with Gasteiger partial charge in [-0.2, -0.15) is 12.6 Å². The van der Waals surface area contributed by atoms with E-state index < -0.39 is 0 Å². The predicted molar refractivity (Wildman–Crippen MR) is 62.8 cm³/mol. The molecule has 0 bridgehead atoms. The van der Waals surface area contributed by atoms with E-state index in [9.17, 15) is 4.79 Å². The molecule has 15 heavy (non-hydrogen) atoms. The molecule has 0 fully saturated rings. The van der Waals surface area contributed by atoms with Crippen molar-refractivity contribution in [3.05, 3.63) is 18.2 Å². The maximum absolute atomic E-state index is 11.4. The number of rotatable bonds is 2. The van der Waals surface area contributed by atoms with Crippen molar-refractivity contribution >= 4 is 29.9 Å². The summed E-state index contributed by atoms with van der Waals surface area (Å²) in [5, 5.41) is 3.06. The average molecular weight is 224 g/mol. The monoisotopic (exact) mass is 224 g/mol. The quantitative estimate of drug-likeness (QED) is 0.588. The summed E-state index contributed by atoms with van der Waals surface area (Å²) in [6, 6.07) is 5.63. The summed E-state index contributed by atoms with van der Waals surface area (Å²) in [5.41, 5.74) is 1.71. The van der Waals surface area contributed by atoms with Crippen LogP contribution in [0.3, 0.4) is 0 Å². The lowest BCUT2D eigenvalue weighted by Crippen LogP contribution is -2.35. The summed E-state index contributed by atoms with van der Waals surface area (Å²) < 4.78 is 5.30. The molecule has 1 amide bonds. The Morgan fingerprint density at radius 1 is 1.60 bits per heavy atom. The fraction of sp³-hybridized carbons (Fsp3) is 0.300. The molecule has 2 rings (SSSR count). The first kappa shape index (κ1) is 10.2. The van der Waals surface area contributed by atoms with Gasteiger partial charge in [-0.05, 0) is 18.2 Å². The summed E-state index contributed by atoms with van der Waals surface area (Å²) in [4.78, 5) is 13.0. The minimum absolute atomic E-state index is 0.0366. The Balaban J connectivity index is 2.36. The maximum atomic E-state index is 11.4. The lowest BCUT2D eigenvalue weighted by molar-refractivity contribution is -0.120. The third-order valence-corrected chi connectivity index (χ3v) is 2.49. The SMILES string of the molecule is CN1C(=O)COc2ccc(NCS)cc21. The van der Waals surface area contributed by atoms with Gasteiger partial charge in [0.05, 0.1) is 11.6 Å². The van der Waals surface area contributed by atoms with Crippen LogP contribution in [0.2, 0.25) is 0 Å². The molecule has 0 radical (unpaired) electrons. The number of hydrogen-bond acceptors (Lipinski definition) is 4. The van der Waals surface area contributed by atoms with Crippen LogP contribution in [0.15, 0.2) is 18.2 Å². The van der Waals surface area contributed by atoms with Crippen molar-refractivity contribution in [3.8, 4) is 5.75 Å². The topological polar surface area (TPSA) is 41.6 Å². The molecule has 0 atom stereocenters. The largest absolute Gasteiger partial charge is 0.482 e. The van der Waals surface area contributed by atoms with Crippen molar-refractivity contribution in [2.75, 3.05) is 29.7 Å². The molecule has 1 N–H and O–H groups in total. The molecule has 1 aliphatic rings. The number of fused-ring (bicyclic) bond motifs is 1. The number of thiol groups is 1. The lowest BCUT2D eigenvalue weighted by atomic mass is 10.2. The van der Waals surface area contributed by atoms with E-state index in [1.165, 1.54) is 0 Å². The van der Waals surface area contributed by atoms with Gasteiger partial charge in [-0.1, -0.05) is 0 Å². The second-order valence-corrected chi connectivity index (χ2v) is 3.58. The zero-order valence-corrected chi connectivity index (χ0v) is 9.25. The number of amides is 1. The fourth-order valence-electron chi connectivity index (χ4n) is 1.47. The molecule has 0 spiro atoms. The second-order valence-electron chi connectivity index (χ2n) is 3.26. The predicted octanol–water partition coefficient (Wildman–Crippen LogP) is 1.34. The molecule has 4 nitrogen and oxygen atoms in total. The molecule has 80 valence electrons. The third kappa shape index (κ3) is 1.87. The summed E-state index contributed by atoms with van der Waals surface area (Å²) >= 11 is 4.08. The maximum Gasteiger partial charge on any atom is 0.264 e. The number of carbonyl (C=O) groups excluding carboxylic acids is 1. The molecule has 1 aliphatic heterocycles. The average Bonchev–Trinajstić information content (AvgIpc) is 2.25. The Morgan fingerprint density at radius 3 is 3.13 bits per heavy atom. The van der Waals surface area contributed by atoms with E-state index in [2.05, 4.69) is 17.9 Å². The van der Waals surface area contributed by atoms with Crippen LogP contribution in [0.25, 0.3) is 0 Å². The lowest BCUT2D eigenvalue weighted by Gasteiger charge is -2.26. The number of nitrogens with zero attached hydrogens (tertiary/aromatic N) is 1. The minimum atomic E-state index is -0.0366. The van der Waals surface area contributed by atoms with E-state index in [1.54, 1.807) is 11.9 Å². The van der Waals surface area contributed by atoms with Crippen LogP contribution in [0, 0.1) is 0 Å². The number of likely N-dealkylation sites (N-methyl/N-ethyl adjacent to an activating group) is 1. The van der Waals surface area contributed by atoms with Gasteiger partial charge in [0.1, 0.15) is 5.75 Å². The van der Waals surface area contributed by atoms with E-state index >= 15 is 0 Å². The number of hydrogen-bond donors (Lipinski definition) is 2. The zero-order valence-electron chi connectivity index (χ0n) is 8.36. The highest BCUT2D eigenvalue weighted by atomic mass is 32.1. The van der Waals surface area contributed by atoms with Crippen LogP contribution in [-0.4, -0.2) is 25.4 Å². The van der Waals surface area contributed by atoms with Gasteiger partial charge in [-0.25, -0.2) is 0 Å². The van der Waals surface area contributed by atoms with Gasteiger partial charge in [0.25, 0.3) is 5.91 Å². The van der Waals surface area contributed by atoms with E-state index in [0.29, 0.717) is 5.88 Å². The molecule has 1 aromatic carbocycles. The van der Waals surface area contributed by atoms with Gasteiger partial charge in [0.2, 0.25) is 0 Å². The highest BCUT2D eigenvalue weighted by Crippen LogP contribution is 2.33. The van der Waals surface area contributed by atoms with Gasteiger partial charge in [-0.15, -0.1) is 0 Å². The zero-order chi connectivity index (χ0) is 10.8. The molecule has 0 unspecified atom stereocenters. The first-order valence-corrected chi connectivity index (χ1v) is 5.24. The normalized spacial score (nSPS) is 14.5. The van der Waals surface area contributed by atoms with Crippen LogP contribution in [0.4, 0.5) is 11.4 Å². The third-order valence-electron chi connectivity index (χ3n) is 2.33. The first-order chi connectivity index (χ1) is 7.22. The second kappa shape index (κ2) is 4.02. The summed E-state index contributed by atoms with van der Waals surface area (Å²) in [5.74, 6) is 1.25. The van der Waals surface area contributed by atoms with E-state index in [-0.39, 0.29) is 12.5 Å². The molecule has 0 saturated heterocycles. The van der Waals surface area contributed by atoms with Crippen molar-refractivity contribution in [1.82, 2.24) is 0 Å². The molecule has 0 aliphatic carbocycles. The Labute approximate surface area is 93.6 Å². The Kier molecular flexibility index (Phi) is 2.73. The van der Waals surface area contributed by atoms with Crippen LogP contribution >= 0.6 is 12.6 Å². The number of ether oxygens (including phenoxy) is 1. The molecule has 1 aromatic rings. The number of benzene rings is 1. The highest BCUT2D eigenvalue weighted by molar-refractivity contribution is 7.80. The van der Waals surface area contributed by atoms with Gasteiger partial charge >= 0.3 is 0 Å². The van der Waals surface area contributed by atoms with Gasteiger partial charge in [0, 0.05) is 12.7 Å². The number of carbonyl (C=O) groups is 1. The van der Waals surface area contributed by atoms with E-state index in [4.69, 9.17) is 4.74 Å². The molecule has 5 heteroatoms. The van der Waals surface area contributed by atoms with Crippen molar-refractivity contribution in [3.63, 3.8) is 0 Å². The minimum Gasteiger partial charge on any atom is -0.482 e.